The van der Waals surface area contributed by atoms with Gasteiger partial charge in [0.05, 0.1) is 11.2 Å². The number of nitrogens with one attached hydrogen (secondary N) is 2. The number of carbonyl (C=O) groups is 1. The largest absolute Gasteiger partial charge is 0.477 e. The molecule has 0 radical (unpaired) electrons. The number of benzene rings is 1. The Bertz CT molecular complexity index is 956. The molecular formula is C14H12N2O4S2. The van der Waals surface area contributed by atoms with Gasteiger partial charge >= 0.3 is 5.97 Å². The molecule has 2 aromatic heterocycles. The van der Waals surface area contributed by atoms with Crippen LogP contribution in [0.5, 0.6) is 0 Å². The van der Waals surface area contributed by atoms with Crippen molar-refractivity contribution in [3.8, 4) is 0 Å². The molecule has 0 aliphatic heterocycles. The number of hydrogen-bond acceptors (Lipinski definition) is 4. The van der Waals surface area contributed by atoms with Gasteiger partial charge in [-0.15, -0.1) is 11.3 Å². The van der Waals surface area contributed by atoms with Crippen LogP contribution in [0.2, 0.25) is 0 Å². The molecule has 0 aliphatic rings. The van der Waals surface area contributed by atoms with Crippen molar-refractivity contribution in [2.75, 3.05) is 4.72 Å². The van der Waals surface area contributed by atoms with Gasteiger partial charge in [0.2, 0.25) is 0 Å². The van der Waals surface area contributed by atoms with Crippen molar-refractivity contribution < 1.29 is 18.3 Å². The molecule has 3 N–H and O–H groups in total. The average Bonchev–Trinajstić information content (AvgIpc) is 3.10. The lowest BCUT2D eigenvalue weighted by atomic mass is 10.1. The van der Waals surface area contributed by atoms with Gasteiger partial charge in [-0.05, 0) is 30.0 Å². The summed E-state index contributed by atoms with van der Waals surface area (Å²) in [6, 6.07) is 8.13. The van der Waals surface area contributed by atoms with Crippen molar-refractivity contribution in [2.24, 2.45) is 0 Å². The van der Waals surface area contributed by atoms with Crippen LogP contribution in [-0.2, 0) is 10.0 Å². The zero-order chi connectivity index (χ0) is 15.9. The van der Waals surface area contributed by atoms with Crippen LogP contribution in [0.15, 0.2) is 39.9 Å². The maximum atomic E-state index is 12.4. The van der Waals surface area contributed by atoms with E-state index in [1.54, 1.807) is 30.5 Å². The number of aromatic carboxylic acids is 1. The fourth-order valence-electron chi connectivity index (χ4n) is 2.15. The number of aryl methyl sites for hydroxylation is 1. The van der Waals surface area contributed by atoms with Gasteiger partial charge in [-0.1, -0.05) is 18.2 Å². The molecule has 0 spiro atoms. The van der Waals surface area contributed by atoms with Gasteiger partial charge in [-0.25, -0.2) is 13.2 Å². The molecular weight excluding hydrogens is 324 g/mol. The summed E-state index contributed by atoms with van der Waals surface area (Å²) in [6.07, 6.45) is 0. The summed E-state index contributed by atoms with van der Waals surface area (Å²) in [5.41, 5.74) is 1.53. The van der Waals surface area contributed by atoms with Crippen LogP contribution in [0.1, 0.15) is 16.1 Å². The first-order valence-electron chi connectivity index (χ1n) is 6.30. The second-order valence-electron chi connectivity index (χ2n) is 4.75. The summed E-state index contributed by atoms with van der Waals surface area (Å²) in [7, 11) is -3.69. The molecule has 0 atom stereocenters. The van der Waals surface area contributed by atoms with Crippen LogP contribution in [0.4, 0.5) is 5.69 Å². The fraction of sp³-hybridized carbons (Fsp3) is 0.0714. The minimum atomic E-state index is -3.69. The number of aromatic nitrogens is 1. The van der Waals surface area contributed by atoms with E-state index in [1.165, 1.54) is 12.1 Å². The number of anilines is 1. The Morgan fingerprint density at radius 1 is 1.32 bits per heavy atom. The lowest BCUT2D eigenvalue weighted by Gasteiger charge is -2.10. The molecule has 8 heteroatoms. The van der Waals surface area contributed by atoms with Crippen molar-refractivity contribution in [1.29, 1.82) is 0 Å². The number of thiophene rings is 1. The molecule has 0 amide bonds. The third-order valence-corrected chi connectivity index (χ3v) is 5.98. The van der Waals surface area contributed by atoms with E-state index in [4.69, 9.17) is 5.11 Å². The summed E-state index contributed by atoms with van der Waals surface area (Å²) >= 11 is 1.12. The molecule has 3 rings (SSSR count). The van der Waals surface area contributed by atoms with Gasteiger partial charge in [0, 0.05) is 5.39 Å². The summed E-state index contributed by atoms with van der Waals surface area (Å²) in [6.45, 7) is 1.76. The molecule has 1 aromatic carbocycles. The molecule has 22 heavy (non-hydrogen) atoms. The number of carboxylic acids is 1. The average molecular weight is 336 g/mol. The van der Waals surface area contributed by atoms with E-state index in [0.717, 1.165) is 11.3 Å². The Balaban J connectivity index is 2.14. The van der Waals surface area contributed by atoms with Crippen LogP contribution in [-0.4, -0.2) is 24.5 Å². The molecule has 0 bridgehead atoms. The highest BCUT2D eigenvalue weighted by Crippen LogP contribution is 2.30. The number of H-pyrrole nitrogens is 1. The first-order chi connectivity index (χ1) is 10.4. The van der Waals surface area contributed by atoms with E-state index < -0.39 is 16.0 Å². The number of hydrogen-bond donors (Lipinski definition) is 3. The number of aromatic amines is 1. The Morgan fingerprint density at radius 2 is 2.09 bits per heavy atom. The number of rotatable bonds is 4. The molecule has 0 unspecified atom stereocenters. The first kappa shape index (κ1) is 14.6. The number of sulfonamides is 1. The fourth-order valence-corrected chi connectivity index (χ4v) is 4.29. The molecule has 114 valence electrons. The Morgan fingerprint density at radius 3 is 2.73 bits per heavy atom. The predicted molar refractivity (Wildman–Crippen MR) is 85.1 cm³/mol. The molecule has 0 saturated carbocycles. The van der Waals surface area contributed by atoms with Crippen LogP contribution in [0, 0.1) is 6.92 Å². The van der Waals surface area contributed by atoms with Crippen LogP contribution >= 0.6 is 11.3 Å². The van der Waals surface area contributed by atoms with E-state index in [-0.39, 0.29) is 9.90 Å². The third kappa shape index (κ3) is 2.46. The zero-order valence-corrected chi connectivity index (χ0v) is 13.1. The maximum Gasteiger partial charge on any atom is 0.352 e. The summed E-state index contributed by atoms with van der Waals surface area (Å²) in [5, 5.41) is 11.4. The highest BCUT2D eigenvalue weighted by Gasteiger charge is 2.19. The standard InChI is InChI=1S/C14H12N2O4S2/c1-8-4-5-9-7-10(14(17)18)15-13(9)12(8)16-22(19,20)11-3-2-6-21-11/h2-7,15-16H,1H3,(H,17,18). The molecule has 3 aromatic rings. The van der Waals surface area contributed by atoms with Crippen molar-refractivity contribution in [1.82, 2.24) is 4.98 Å². The second-order valence-corrected chi connectivity index (χ2v) is 7.60. The molecule has 0 saturated heterocycles. The number of carboxylic acid groups (broad SMARTS) is 1. The normalized spacial score (nSPS) is 11.7. The molecule has 6 nitrogen and oxygen atoms in total. The number of fused-ring (bicyclic) bond motifs is 1. The van der Waals surface area contributed by atoms with E-state index in [0.29, 0.717) is 22.2 Å². The summed E-state index contributed by atoms with van der Waals surface area (Å²) < 4.78 is 27.5. The van der Waals surface area contributed by atoms with Crippen LogP contribution in [0.3, 0.4) is 0 Å². The minimum Gasteiger partial charge on any atom is -0.477 e. The molecule has 2 heterocycles. The Hall–Kier alpha value is -2.32. The smallest absolute Gasteiger partial charge is 0.352 e. The highest BCUT2D eigenvalue weighted by atomic mass is 32.2. The Kier molecular flexibility index (Phi) is 3.42. The van der Waals surface area contributed by atoms with Gasteiger partial charge in [-0.3, -0.25) is 4.72 Å². The quantitative estimate of drug-likeness (QED) is 0.682. The maximum absolute atomic E-state index is 12.4. The second kappa shape index (κ2) is 5.15. The molecule has 0 aliphatic carbocycles. The van der Waals surface area contributed by atoms with E-state index in [2.05, 4.69) is 9.71 Å². The van der Waals surface area contributed by atoms with Gasteiger partial charge < -0.3 is 10.1 Å². The van der Waals surface area contributed by atoms with Gasteiger partial charge in [-0.2, -0.15) is 0 Å². The van der Waals surface area contributed by atoms with E-state index >= 15 is 0 Å². The zero-order valence-electron chi connectivity index (χ0n) is 11.5. The lowest BCUT2D eigenvalue weighted by molar-refractivity contribution is 0.0691. The van der Waals surface area contributed by atoms with Crippen molar-refractivity contribution in [3.05, 3.63) is 47.0 Å². The third-order valence-electron chi connectivity index (χ3n) is 3.23. The van der Waals surface area contributed by atoms with Gasteiger partial charge in [0.15, 0.2) is 0 Å². The lowest BCUT2D eigenvalue weighted by Crippen LogP contribution is -2.12. The summed E-state index contributed by atoms with van der Waals surface area (Å²) in [4.78, 5) is 13.8. The van der Waals surface area contributed by atoms with Gasteiger partial charge in [0.1, 0.15) is 9.90 Å². The highest BCUT2D eigenvalue weighted by molar-refractivity contribution is 7.94. The van der Waals surface area contributed by atoms with Crippen LogP contribution < -0.4 is 4.72 Å². The first-order valence-corrected chi connectivity index (χ1v) is 8.67. The van der Waals surface area contributed by atoms with E-state index in [9.17, 15) is 13.2 Å². The van der Waals surface area contributed by atoms with Crippen molar-refractivity contribution >= 4 is 43.9 Å². The van der Waals surface area contributed by atoms with E-state index in [1.807, 2.05) is 0 Å². The van der Waals surface area contributed by atoms with Crippen molar-refractivity contribution in [3.63, 3.8) is 0 Å². The predicted octanol–water partition coefficient (Wildman–Crippen LogP) is 3.04. The van der Waals surface area contributed by atoms with Crippen LogP contribution in [0.25, 0.3) is 10.9 Å². The molecule has 0 fully saturated rings. The minimum absolute atomic E-state index is 0.0113. The summed E-state index contributed by atoms with van der Waals surface area (Å²) in [5.74, 6) is -1.10. The Labute approximate surface area is 130 Å². The SMILES string of the molecule is Cc1ccc2cc(C(=O)O)[nH]c2c1NS(=O)(=O)c1cccs1. The van der Waals surface area contributed by atoms with Crippen molar-refractivity contribution in [2.45, 2.75) is 11.1 Å². The topological polar surface area (TPSA) is 99.3 Å². The van der Waals surface area contributed by atoms with Gasteiger partial charge in [0.25, 0.3) is 10.0 Å². The monoisotopic (exact) mass is 336 g/mol.